The fourth-order valence-corrected chi connectivity index (χ4v) is 4.45. The second-order valence-corrected chi connectivity index (χ2v) is 7.96. The lowest BCUT2D eigenvalue weighted by molar-refractivity contribution is -0.134. The Morgan fingerprint density at radius 3 is 2.56 bits per heavy atom. The van der Waals surface area contributed by atoms with Gasteiger partial charge in [0.15, 0.2) is 0 Å². The highest BCUT2D eigenvalue weighted by Crippen LogP contribution is 2.29. The number of hydrogen-bond donors (Lipinski definition) is 2. The van der Waals surface area contributed by atoms with E-state index in [0.29, 0.717) is 12.8 Å². The van der Waals surface area contributed by atoms with E-state index >= 15 is 0 Å². The number of hydrogen-bond acceptors (Lipinski definition) is 6. The molecular formula is C20H29N5O2. The molecule has 2 amide bonds. The summed E-state index contributed by atoms with van der Waals surface area (Å²) in [6, 6.07) is 2.09. The van der Waals surface area contributed by atoms with E-state index in [0.717, 1.165) is 56.4 Å². The van der Waals surface area contributed by atoms with Crippen LogP contribution in [0.4, 0.5) is 5.69 Å². The highest BCUT2D eigenvalue weighted by atomic mass is 16.2. The first kappa shape index (κ1) is 18.4. The first-order chi connectivity index (χ1) is 13.2. The molecule has 4 rings (SSSR count). The third-order valence-electron chi connectivity index (χ3n) is 6.09. The van der Waals surface area contributed by atoms with Gasteiger partial charge in [0.05, 0.1) is 17.8 Å². The van der Waals surface area contributed by atoms with E-state index in [1.807, 2.05) is 6.20 Å². The van der Waals surface area contributed by atoms with Crippen molar-refractivity contribution >= 4 is 17.5 Å². The van der Waals surface area contributed by atoms with Crippen molar-refractivity contribution in [1.82, 2.24) is 20.5 Å². The minimum atomic E-state index is -0.264. The molecule has 2 N–H and O–H groups in total. The molecule has 4 heterocycles. The Kier molecular flexibility index (Phi) is 5.69. The van der Waals surface area contributed by atoms with Crippen LogP contribution in [0.25, 0.3) is 0 Å². The number of amides is 2. The van der Waals surface area contributed by atoms with Gasteiger partial charge in [-0.05, 0) is 36.8 Å². The maximum absolute atomic E-state index is 12.1. The van der Waals surface area contributed by atoms with Gasteiger partial charge in [-0.2, -0.15) is 0 Å². The van der Waals surface area contributed by atoms with Crippen molar-refractivity contribution < 1.29 is 9.59 Å². The summed E-state index contributed by atoms with van der Waals surface area (Å²) in [5.74, 6) is 0.137. The molecule has 7 nitrogen and oxygen atoms in total. The van der Waals surface area contributed by atoms with Crippen molar-refractivity contribution in [2.24, 2.45) is 5.92 Å². The molecule has 3 aliphatic rings. The van der Waals surface area contributed by atoms with Crippen LogP contribution in [-0.2, 0) is 9.59 Å². The molecule has 0 radical (unpaired) electrons. The molecular weight excluding hydrogens is 342 g/mol. The maximum Gasteiger partial charge on any atom is 0.234 e. The largest absolute Gasteiger partial charge is 0.370 e. The van der Waals surface area contributed by atoms with Crippen molar-refractivity contribution in [1.29, 1.82) is 0 Å². The Morgan fingerprint density at radius 2 is 1.81 bits per heavy atom. The Balaban J connectivity index is 1.34. The fourth-order valence-electron chi connectivity index (χ4n) is 4.45. The number of nitrogens with one attached hydrogen (secondary N) is 2. The average molecular weight is 371 g/mol. The average Bonchev–Trinajstić information content (AvgIpc) is 2.69. The quantitative estimate of drug-likeness (QED) is 0.760. The summed E-state index contributed by atoms with van der Waals surface area (Å²) in [5, 5.41) is 5.86. The van der Waals surface area contributed by atoms with E-state index in [1.165, 1.54) is 19.4 Å². The molecule has 0 spiro atoms. The molecule has 1 aromatic heterocycles. The van der Waals surface area contributed by atoms with Crippen LogP contribution in [0.5, 0.6) is 0 Å². The highest BCUT2D eigenvalue weighted by Gasteiger charge is 2.29. The number of rotatable bonds is 4. The number of anilines is 1. The number of piperidine rings is 2. The Bertz CT molecular complexity index is 681. The number of nitrogens with zero attached hydrogens (tertiary/aromatic N) is 3. The van der Waals surface area contributed by atoms with Gasteiger partial charge in [0.2, 0.25) is 11.8 Å². The lowest BCUT2D eigenvalue weighted by Gasteiger charge is -2.37. The van der Waals surface area contributed by atoms with Crippen LogP contribution in [0, 0.1) is 5.92 Å². The normalized spacial score (nSPS) is 25.5. The lowest BCUT2D eigenvalue weighted by Crippen LogP contribution is -2.47. The summed E-state index contributed by atoms with van der Waals surface area (Å²) in [5.41, 5.74) is 2.01. The SMILES string of the molecule is O=C1CCC(c2cncc(N3CCC(CN4CCNCC4)CC3)c2)C(=O)N1. The standard InChI is InChI=1S/C20H29N5O2/c26-19-2-1-18(20(27)23-19)16-11-17(13-22-12-16)25-7-3-15(4-8-25)14-24-9-5-21-6-10-24/h11-13,15,18,21H,1-10,14H2,(H,23,26,27). The Labute approximate surface area is 160 Å². The number of piperazine rings is 1. The van der Waals surface area contributed by atoms with Gasteiger partial charge in [0, 0.05) is 58.4 Å². The third-order valence-corrected chi connectivity index (χ3v) is 6.09. The van der Waals surface area contributed by atoms with Crippen LogP contribution in [-0.4, -0.2) is 67.5 Å². The molecule has 1 atom stereocenters. The number of pyridine rings is 1. The smallest absolute Gasteiger partial charge is 0.234 e. The molecule has 27 heavy (non-hydrogen) atoms. The monoisotopic (exact) mass is 371 g/mol. The molecule has 0 aromatic carbocycles. The van der Waals surface area contributed by atoms with Gasteiger partial charge < -0.3 is 15.1 Å². The summed E-state index contributed by atoms with van der Waals surface area (Å²) in [6.07, 6.45) is 7.03. The van der Waals surface area contributed by atoms with E-state index in [1.54, 1.807) is 6.20 Å². The zero-order chi connectivity index (χ0) is 18.6. The van der Waals surface area contributed by atoms with E-state index in [2.05, 4.69) is 31.5 Å². The topological polar surface area (TPSA) is 77.6 Å². The van der Waals surface area contributed by atoms with Gasteiger partial charge in [-0.25, -0.2) is 0 Å². The van der Waals surface area contributed by atoms with Crippen LogP contribution >= 0.6 is 0 Å². The van der Waals surface area contributed by atoms with E-state index in [9.17, 15) is 9.59 Å². The van der Waals surface area contributed by atoms with Gasteiger partial charge in [0.1, 0.15) is 0 Å². The molecule has 1 unspecified atom stereocenters. The van der Waals surface area contributed by atoms with Gasteiger partial charge in [-0.1, -0.05) is 0 Å². The Morgan fingerprint density at radius 1 is 1.04 bits per heavy atom. The molecule has 146 valence electrons. The van der Waals surface area contributed by atoms with Crippen LogP contribution in [0.3, 0.4) is 0 Å². The van der Waals surface area contributed by atoms with Crippen LogP contribution in [0.15, 0.2) is 18.5 Å². The zero-order valence-corrected chi connectivity index (χ0v) is 15.8. The van der Waals surface area contributed by atoms with E-state index < -0.39 is 0 Å². The Hall–Kier alpha value is -1.99. The predicted molar refractivity (Wildman–Crippen MR) is 104 cm³/mol. The molecule has 3 saturated heterocycles. The molecule has 0 aliphatic carbocycles. The summed E-state index contributed by atoms with van der Waals surface area (Å²) in [6.45, 7) is 7.84. The van der Waals surface area contributed by atoms with Crippen LogP contribution < -0.4 is 15.5 Å². The number of aromatic nitrogens is 1. The maximum atomic E-state index is 12.1. The minimum Gasteiger partial charge on any atom is -0.370 e. The molecule has 3 fully saturated rings. The van der Waals surface area contributed by atoms with Crippen molar-refractivity contribution in [2.75, 3.05) is 50.7 Å². The van der Waals surface area contributed by atoms with Crippen LogP contribution in [0.2, 0.25) is 0 Å². The molecule has 1 aromatic rings. The number of carbonyl (C=O) groups is 2. The summed E-state index contributed by atoms with van der Waals surface area (Å²) in [7, 11) is 0. The van der Waals surface area contributed by atoms with Crippen molar-refractivity contribution in [2.45, 2.75) is 31.6 Å². The van der Waals surface area contributed by atoms with Gasteiger partial charge >= 0.3 is 0 Å². The number of carbonyl (C=O) groups excluding carboxylic acids is 2. The molecule has 0 saturated carbocycles. The predicted octanol–water partition coefficient (Wildman–Crippen LogP) is 0.723. The zero-order valence-electron chi connectivity index (χ0n) is 15.8. The van der Waals surface area contributed by atoms with Crippen LogP contribution in [0.1, 0.15) is 37.2 Å². The van der Waals surface area contributed by atoms with Crippen molar-refractivity contribution in [3.05, 3.63) is 24.0 Å². The minimum absolute atomic E-state index is 0.174. The lowest BCUT2D eigenvalue weighted by atomic mass is 9.91. The van der Waals surface area contributed by atoms with E-state index in [4.69, 9.17) is 0 Å². The van der Waals surface area contributed by atoms with Crippen molar-refractivity contribution in [3.8, 4) is 0 Å². The fraction of sp³-hybridized carbons (Fsp3) is 0.650. The highest BCUT2D eigenvalue weighted by molar-refractivity contribution is 6.00. The summed E-state index contributed by atoms with van der Waals surface area (Å²) >= 11 is 0. The van der Waals surface area contributed by atoms with Gasteiger partial charge in [0.25, 0.3) is 0 Å². The molecule has 3 aliphatic heterocycles. The summed E-state index contributed by atoms with van der Waals surface area (Å²) in [4.78, 5) is 32.9. The number of imide groups is 1. The van der Waals surface area contributed by atoms with Gasteiger partial charge in [-0.15, -0.1) is 0 Å². The first-order valence-corrected chi connectivity index (χ1v) is 10.2. The second kappa shape index (κ2) is 8.35. The van der Waals surface area contributed by atoms with Crippen molar-refractivity contribution in [3.63, 3.8) is 0 Å². The van der Waals surface area contributed by atoms with Gasteiger partial charge in [-0.3, -0.25) is 19.9 Å². The van der Waals surface area contributed by atoms with E-state index in [-0.39, 0.29) is 17.7 Å². The second-order valence-electron chi connectivity index (χ2n) is 7.96. The first-order valence-electron chi connectivity index (χ1n) is 10.2. The molecule has 0 bridgehead atoms. The third kappa shape index (κ3) is 4.47. The summed E-state index contributed by atoms with van der Waals surface area (Å²) < 4.78 is 0. The molecule has 7 heteroatoms.